The van der Waals surface area contributed by atoms with E-state index in [1.807, 2.05) is 79.7 Å². The van der Waals surface area contributed by atoms with Gasteiger partial charge in [-0.2, -0.15) is 0 Å². The summed E-state index contributed by atoms with van der Waals surface area (Å²) in [5.74, 6) is 0.780. The van der Waals surface area contributed by atoms with Crippen LogP contribution in [0.5, 0.6) is 5.75 Å². The lowest BCUT2D eigenvalue weighted by Crippen LogP contribution is -2.33. The molecule has 0 spiro atoms. The van der Waals surface area contributed by atoms with Gasteiger partial charge in [0.1, 0.15) is 5.75 Å². The molecule has 0 amide bonds. The van der Waals surface area contributed by atoms with Crippen molar-refractivity contribution in [3.63, 3.8) is 0 Å². The van der Waals surface area contributed by atoms with Gasteiger partial charge in [0.15, 0.2) is 0 Å². The first kappa shape index (κ1) is 16.9. The van der Waals surface area contributed by atoms with Gasteiger partial charge in [0, 0.05) is 0 Å². The maximum atomic E-state index is 13.0. The summed E-state index contributed by atoms with van der Waals surface area (Å²) in [6, 6.07) is 21.7. The zero-order valence-electron chi connectivity index (χ0n) is 15.1. The minimum absolute atomic E-state index is 0.128. The third-order valence-electron chi connectivity index (χ3n) is 4.48. The number of hydrogen-bond donors (Lipinski definition) is 1. The van der Waals surface area contributed by atoms with Gasteiger partial charge in [0.05, 0.1) is 22.9 Å². The molecule has 3 aromatic carbocycles. The number of aromatic amines is 1. The summed E-state index contributed by atoms with van der Waals surface area (Å²) >= 11 is 0. The van der Waals surface area contributed by atoms with Gasteiger partial charge in [0.25, 0.3) is 5.56 Å². The minimum atomic E-state index is -0.128. The van der Waals surface area contributed by atoms with E-state index in [1.165, 1.54) is 4.68 Å². The third-order valence-corrected chi connectivity index (χ3v) is 4.48. The predicted octanol–water partition coefficient (Wildman–Crippen LogP) is 2.96. The van der Waals surface area contributed by atoms with Crippen molar-refractivity contribution in [2.45, 2.75) is 6.92 Å². The van der Waals surface area contributed by atoms with E-state index in [2.05, 4.69) is 11.7 Å². The Morgan fingerprint density at radius 2 is 1.85 bits per heavy atom. The van der Waals surface area contributed by atoms with Crippen LogP contribution in [-0.4, -0.2) is 16.4 Å². The van der Waals surface area contributed by atoms with E-state index < -0.39 is 0 Å². The average Bonchev–Trinajstić information content (AvgIpc) is 2.96. The van der Waals surface area contributed by atoms with Gasteiger partial charge in [-0.3, -0.25) is 9.89 Å². The fourth-order valence-electron chi connectivity index (χ4n) is 3.17. The van der Waals surface area contributed by atoms with Crippen molar-refractivity contribution in [1.82, 2.24) is 9.78 Å². The fourth-order valence-corrected chi connectivity index (χ4v) is 3.17. The van der Waals surface area contributed by atoms with Crippen LogP contribution in [0.2, 0.25) is 0 Å². The molecule has 0 aliphatic rings. The number of fused-ring (bicyclic) bond motifs is 1. The van der Waals surface area contributed by atoms with Crippen molar-refractivity contribution in [3.8, 4) is 11.4 Å². The van der Waals surface area contributed by atoms with Crippen LogP contribution in [0.15, 0.2) is 71.5 Å². The number of nitrogens with zero attached hydrogens (tertiary/aromatic N) is 1. The zero-order valence-corrected chi connectivity index (χ0v) is 15.1. The van der Waals surface area contributed by atoms with E-state index in [9.17, 15) is 4.79 Å². The highest BCUT2D eigenvalue weighted by Gasteiger charge is 2.06. The molecule has 0 atom stereocenters. The summed E-state index contributed by atoms with van der Waals surface area (Å²) in [5.41, 5.74) is 1.55. The zero-order chi connectivity index (χ0) is 18.8. The monoisotopic (exact) mass is 356 g/mol. The van der Waals surface area contributed by atoms with Gasteiger partial charge in [-0.25, -0.2) is 4.68 Å². The van der Waals surface area contributed by atoms with Crippen molar-refractivity contribution >= 4 is 23.4 Å². The highest BCUT2D eigenvalue weighted by Crippen LogP contribution is 2.17. The standard InChI is InChI=1S/C23H20N2O2/c1-3-27-21-10-6-7-17(13-21)14-22-16(2)24-25(23(22)26)20-12-11-18-8-4-5-9-19(18)15-20/h4-15,24H,2-3H2,1H3/b22-14-. The third kappa shape index (κ3) is 3.29. The van der Waals surface area contributed by atoms with Crippen LogP contribution in [0.3, 0.4) is 0 Å². The summed E-state index contributed by atoms with van der Waals surface area (Å²) in [6.45, 7) is 6.55. The van der Waals surface area contributed by atoms with Gasteiger partial charge < -0.3 is 4.74 Å². The van der Waals surface area contributed by atoms with Crippen molar-refractivity contribution < 1.29 is 4.74 Å². The molecule has 27 heavy (non-hydrogen) atoms. The molecule has 1 aromatic heterocycles. The molecule has 0 unspecified atom stereocenters. The Labute approximate surface area is 156 Å². The second-order valence-electron chi connectivity index (χ2n) is 6.33. The first-order valence-electron chi connectivity index (χ1n) is 8.89. The molecule has 0 fully saturated rings. The number of benzene rings is 3. The highest BCUT2D eigenvalue weighted by atomic mass is 16.5. The summed E-state index contributed by atoms with van der Waals surface area (Å²) in [4.78, 5) is 13.0. The van der Waals surface area contributed by atoms with Crippen molar-refractivity contribution in [2.75, 3.05) is 6.61 Å². The molecular formula is C23H20N2O2. The Kier molecular flexibility index (Phi) is 4.38. The fraction of sp³-hybridized carbons (Fsp3) is 0.0870. The van der Waals surface area contributed by atoms with Gasteiger partial charge >= 0.3 is 0 Å². The Morgan fingerprint density at radius 1 is 1.04 bits per heavy atom. The summed E-state index contributed by atoms with van der Waals surface area (Å²) in [6.07, 6.45) is 1.83. The normalized spacial score (nSPS) is 11.8. The van der Waals surface area contributed by atoms with Crippen LogP contribution in [0.4, 0.5) is 0 Å². The quantitative estimate of drug-likeness (QED) is 0.611. The summed E-state index contributed by atoms with van der Waals surface area (Å²) in [5, 5.41) is 6.42. The summed E-state index contributed by atoms with van der Waals surface area (Å²) < 4.78 is 7.07. The van der Waals surface area contributed by atoms with Gasteiger partial charge in [0.2, 0.25) is 0 Å². The molecule has 134 valence electrons. The molecule has 1 heterocycles. The number of hydrogen-bond acceptors (Lipinski definition) is 2. The number of rotatable bonds is 4. The van der Waals surface area contributed by atoms with E-state index in [4.69, 9.17) is 4.74 Å². The van der Waals surface area contributed by atoms with E-state index in [0.29, 0.717) is 17.2 Å². The molecular weight excluding hydrogens is 336 g/mol. The van der Waals surface area contributed by atoms with Crippen molar-refractivity contribution in [1.29, 1.82) is 0 Å². The largest absolute Gasteiger partial charge is 0.494 e. The lowest BCUT2D eigenvalue weighted by molar-refractivity contribution is 0.340. The van der Waals surface area contributed by atoms with Crippen molar-refractivity contribution in [3.05, 3.63) is 93.2 Å². The molecule has 0 bridgehead atoms. The summed E-state index contributed by atoms with van der Waals surface area (Å²) in [7, 11) is 0. The Morgan fingerprint density at radius 3 is 2.67 bits per heavy atom. The molecule has 0 radical (unpaired) electrons. The molecule has 4 nitrogen and oxygen atoms in total. The van der Waals surface area contributed by atoms with E-state index >= 15 is 0 Å². The molecule has 0 saturated carbocycles. The first-order chi connectivity index (χ1) is 13.2. The lowest BCUT2D eigenvalue weighted by Gasteiger charge is -2.03. The van der Waals surface area contributed by atoms with Gasteiger partial charge in [-0.15, -0.1) is 0 Å². The van der Waals surface area contributed by atoms with E-state index in [-0.39, 0.29) is 5.56 Å². The molecule has 4 heteroatoms. The number of H-pyrrole nitrogens is 1. The maximum absolute atomic E-state index is 13.0. The van der Waals surface area contributed by atoms with E-state index in [1.54, 1.807) is 0 Å². The first-order valence-corrected chi connectivity index (χ1v) is 8.89. The highest BCUT2D eigenvalue weighted by molar-refractivity contribution is 5.84. The topological polar surface area (TPSA) is 47.0 Å². The Bertz CT molecular complexity index is 1280. The van der Waals surface area contributed by atoms with Crippen LogP contribution < -0.4 is 20.9 Å². The average molecular weight is 356 g/mol. The van der Waals surface area contributed by atoms with Crippen LogP contribution in [0.1, 0.15) is 12.5 Å². The SMILES string of the molecule is C=c1[nH]n(-c2ccc3ccccc3c2)c(=O)/c1=C\c1cccc(OCC)c1. The van der Waals surface area contributed by atoms with Crippen LogP contribution in [-0.2, 0) is 0 Å². The Balaban J connectivity index is 1.83. The molecule has 0 aliphatic heterocycles. The van der Waals surface area contributed by atoms with Crippen LogP contribution in [0, 0.1) is 0 Å². The van der Waals surface area contributed by atoms with Crippen molar-refractivity contribution in [2.24, 2.45) is 0 Å². The smallest absolute Gasteiger partial charge is 0.279 e. The minimum Gasteiger partial charge on any atom is -0.494 e. The van der Waals surface area contributed by atoms with E-state index in [0.717, 1.165) is 27.8 Å². The maximum Gasteiger partial charge on any atom is 0.279 e. The molecule has 4 aromatic rings. The second-order valence-corrected chi connectivity index (χ2v) is 6.33. The second kappa shape index (κ2) is 7.00. The number of ether oxygens (including phenoxy) is 1. The molecule has 1 N–H and O–H groups in total. The van der Waals surface area contributed by atoms with Gasteiger partial charge in [-0.1, -0.05) is 49.0 Å². The Hall–Kier alpha value is -3.53. The molecule has 0 saturated heterocycles. The van der Waals surface area contributed by atoms with Gasteiger partial charge in [-0.05, 0) is 53.6 Å². The lowest BCUT2D eigenvalue weighted by atomic mass is 10.1. The molecule has 4 rings (SSSR count). The number of nitrogens with one attached hydrogen (secondary N) is 1. The number of aromatic nitrogens is 2. The molecule has 0 aliphatic carbocycles. The predicted molar refractivity (Wildman–Crippen MR) is 110 cm³/mol. The van der Waals surface area contributed by atoms with Crippen LogP contribution in [0.25, 0.3) is 29.1 Å². The van der Waals surface area contributed by atoms with Crippen LogP contribution >= 0.6 is 0 Å².